The Kier molecular flexibility index (Phi) is 5.33. The number of carbonyl (C=O) groups excluding carboxylic acids is 1. The van der Waals surface area contributed by atoms with Crippen molar-refractivity contribution in [2.24, 2.45) is 0 Å². The fraction of sp³-hybridized carbons (Fsp3) is 0.263. The van der Waals surface area contributed by atoms with Crippen LogP contribution >= 0.6 is 11.6 Å². The number of amides is 1. The van der Waals surface area contributed by atoms with Crippen LogP contribution in [0.15, 0.2) is 36.5 Å². The summed E-state index contributed by atoms with van der Waals surface area (Å²) < 4.78 is 41.3. The number of H-pyrrole nitrogens is 1. The largest absolute Gasteiger partial charge is 0.467 e. The van der Waals surface area contributed by atoms with Crippen LogP contribution in [0.5, 0.6) is 5.88 Å². The van der Waals surface area contributed by atoms with Crippen molar-refractivity contribution in [2.75, 3.05) is 11.9 Å². The normalized spacial score (nSPS) is 13.9. The minimum Gasteiger partial charge on any atom is -0.467 e. The van der Waals surface area contributed by atoms with Gasteiger partial charge in [-0.3, -0.25) is 9.89 Å². The first-order chi connectivity index (χ1) is 14.3. The number of hydrogen-bond donors (Lipinski definition) is 2. The summed E-state index contributed by atoms with van der Waals surface area (Å²) in [7, 11) is 0. The van der Waals surface area contributed by atoms with Gasteiger partial charge in [-0.15, -0.1) is 0 Å². The van der Waals surface area contributed by atoms with E-state index in [1.165, 1.54) is 6.07 Å². The molecule has 1 amide bonds. The third-order valence-corrected chi connectivity index (χ3v) is 4.56. The highest BCUT2D eigenvalue weighted by atomic mass is 35.5. The van der Waals surface area contributed by atoms with Crippen molar-refractivity contribution in [2.45, 2.75) is 24.9 Å². The van der Waals surface area contributed by atoms with Crippen LogP contribution in [0.3, 0.4) is 0 Å². The molecule has 2 heterocycles. The average Bonchev–Trinajstić information content (AvgIpc) is 3.43. The van der Waals surface area contributed by atoms with Crippen LogP contribution in [-0.2, 0) is 0 Å². The Labute approximate surface area is 173 Å². The lowest BCUT2D eigenvalue weighted by atomic mass is 10.2. The topological polar surface area (TPSA) is 92.8 Å². The summed E-state index contributed by atoms with van der Waals surface area (Å²) in [6, 6.07) is 8.16. The zero-order valence-electron chi connectivity index (χ0n) is 15.3. The molecule has 1 aliphatic carbocycles. The number of anilines is 1. The molecule has 1 aromatic carbocycles. The number of nitrogens with one attached hydrogen (secondary N) is 2. The fourth-order valence-corrected chi connectivity index (χ4v) is 2.91. The lowest BCUT2D eigenvalue weighted by molar-refractivity contribution is -0.154. The van der Waals surface area contributed by atoms with Gasteiger partial charge in [0.15, 0.2) is 12.4 Å². The van der Waals surface area contributed by atoms with E-state index >= 15 is 0 Å². The van der Waals surface area contributed by atoms with Crippen molar-refractivity contribution in [3.8, 4) is 17.3 Å². The van der Waals surface area contributed by atoms with Crippen LogP contribution < -0.4 is 10.1 Å². The number of ether oxygens (including phenoxy) is 1. The second-order valence-electron chi connectivity index (χ2n) is 6.77. The molecule has 1 saturated carbocycles. The predicted molar refractivity (Wildman–Crippen MR) is 103 cm³/mol. The summed E-state index contributed by atoms with van der Waals surface area (Å²) in [6.07, 6.45) is -1.23. The first kappa shape index (κ1) is 20.1. The molecule has 11 heteroatoms. The van der Waals surface area contributed by atoms with Crippen LogP contribution in [-0.4, -0.2) is 38.9 Å². The van der Waals surface area contributed by atoms with Crippen LogP contribution in [0.4, 0.5) is 18.9 Å². The van der Waals surface area contributed by atoms with Crippen LogP contribution in [0.2, 0.25) is 5.02 Å². The minimum atomic E-state index is -4.52. The van der Waals surface area contributed by atoms with Gasteiger partial charge in [-0.05, 0) is 31.0 Å². The summed E-state index contributed by atoms with van der Waals surface area (Å²) in [6.45, 7) is -1.53. The molecule has 1 aliphatic rings. The third-order valence-electron chi connectivity index (χ3n) is 4.29. The van der Waals surface area contributed by atoms with E-state index in [4.69, 9.17) is 11.6 Å². The summed E-state index contributed by atoms with van der Waals surface area (Å²) in [5.41, 5.74) is 1.28. The maximum Gasteiger partial charge on any atom is 0.422 e. The van der Waals surface area contributed by atoms with E-state index in [-0.39, 0.29) is 10.6 Å². The summed E-state index contributed by atoms with van der Waals surface area (Å²) in [5, 5.41) is 9.63. The van der Waals surface area contributed by atoms with Gasteiger partial charge >= 0.3 is 6.18 Å². The van der Waals surface area contributed by atoms with Crippen LogP contribution in [0.1, 0.15) is 34.9 Å². The molecule has 0 spiro atoms. The quantitative estimate of drug-likeness (QED) is 0.588. The number of alkyl halides is 3. The highest BCUT2D eigenvalue weighted by Gasteiger charge is 2.29. The number of nitrogens with zero attached hydrogens (tertiary/aromatic N) is 3. The highest BCUT2D eigenvalue weighted by Crippen LogP contribution is 2.38. The molecular formula is C19H15ClF3N5O2. The Morgan fingerprint density at radius 3 is 2.80 bits per heavy atom. The maximum atomic E-state index is 12.5. The Bertz CT molecular complexity index is 1080. The summed E-state index contributed by atoms with van der Waals surface area (Å²) >= 11 is 5.89. The highest BCUT2D eigenvalue weighted by molar-refractivity contribution is 6.32. The summed E-state index contributed by atoms with van der Waals surface area (Å²) in [5.74, 6) is 0.896. The number of hydrogen-bond acceptors (Lipinski definition) is 5. The van der Waals surface area contributed by atoms with Gasteiger partial charge < -0.3 is 10.1 Å². The predicted octanol–water partition coefficient (Wildman–Crippen LogP) is 4.59. The van der Waals surface area contributed by atoms with Crippen molar-refractivity contribution in [3.05, 3.63) is 52.9 Å². The number of aromatic nitrogens is 4. The molecule has 7 nitrogen and oxygen atoms in total. The van der Waals surface area contributed by atoms with Crippen molar-refractivity contribution in [3.63, 3.8) is 0 Å². The number of aromatic amines is 1. The van der Waals surface area contributed by atoms with Crippen LogP contribution in [0, 0.1) is 0 Å². The molecule has 3 aromatic rings. The fourth-order valence-electron chi connectivity index (χ4n) is 2.69. The average molecular weight is 438 g/mol. The number of rotatable bonds is 6. The van der Waals surface area contributed by atoms with Gasteiger partial charge in [0.1, 0.15) is 10.8 Å². The zero-order chi connectivity index (χ0) is 21.3. The van der Waals surface area contributed by atoms with Crippen LogP contribution in [0.25, 0.3) is 11.4 Å². The third kappa shape index (κ3) is 4.88. The van der Waals surface area contributed by atoms with Gasteiger partial charge in [-0.1, -0.05) is 23.7 Å². The molecule has 0 aliphatic heterocycles. The molecule has 4 rings (SSSR count). The first-order valence-electron chi connectivity index (χ1n) is 8.98. The molecule has 156 valence electrons. The van der Waals surface area contributed by atoms with E-state index in [2.05, 4.69) is 30.2 Å². The molecule has 0 unspecified atom stereocenters. The lowest BCUT2D eigenvalue weighted by Crippen LogP contribution is -2.20. The number of halogens is 4. The van der Waals surface area contributed by atoms with E-state index in [0.717, 1.165) is 30.4 Å². The molecule has 0 saturated heterocycles. The van der Waals surface area contributed by atoms with E-state index < -0.39 is 24.6 Å². The van der Waals surface area contributed by atoms with Gasteiger partial charge in [0, 0.05) is 23.4 Å². The molecule has 2 N–H and O–H groups in total. The first-order valence-corrected chi connectivity index (χ1v) is 9.35. The monoisotopic (exact) mass is 437 g/mol. The molecule has 1 fully saturated rings. The van der Waals surface area contributed by atoms with Crippen molar-refractivity contribution in [1.82, 2.24) is 20.2 Å². The van der Waals surface area contributed by atoms with Gasteiger partial charge in [0.2, 0.25) is 5.88 Å². The van der Waals surface area contributed by atoms with Crippen molar-refractivity contribution >= 4 is 23.2 Å². The molecule has 0 bridgehead atoms. The maximum absolute atomic E-state index is 12.5. The molecule has 0 radical (unpaired) electrons. The smallest absolute Gasteiger partial charge is 0.422 e. The number of benzene rings is 1. The molecule has 2 aromatic heterocycles. The van der Waals surface area contributed by atoms with E-state index in [9.17, 15) is 18.0 Å². The Morgan fingerprint density at radius 1 is 1.30 bits per heavy atom. The number of carbonyl (C=O) groups is 1. The van der Waals surface area contributed by atoms with E-state index in [1.54, 1.807) is 18.2 Å². The molecular weight excluding hydrogens is 423 g/mol. The molecule has 30 heavy (non-hydrogen) atoms. The number of pyridine rings is 1. The SMILES string of the molecule is O=C(Nc1cccc(-c2n[nH]c(C3CC3)n2)c1)c1cnc(OCC(F)(F)F)c(Cl)c1. The Hall–Kier alpha value is -3.14. The second-order valence-corrected chi connectivity index (χ2v) is 7.18. The van der Waals surface area contributed by atoms with Crippen molar-refractivity contribution < 1.29 is 22.7 Å². The Morgan fingerprint density at radius 2 is 2.10 bits per heavy atom. The van der Waals surface area contributed by atoms with Crippen molar-refractivity contribution in [1.29, 1.82) is 0 Å². The van der Waals surface area contributed by atoms with Gasteiger partial charge in [0.25, 0.3) is 5.91 Å². The summed E-state index contributed by atoms with van der Waals surface area (Å²) in [4.78, 5) is 20.6. The second kappa shape index (κ2) is 7.94. The minimum absolute atomic E-state index is 0.0682. The van der Waals surface area contributed by atoms with Gasteiger partial charge in [-0.2, -0.15) is 18.3 Å². The van der Waals surface area contributed by atoms with E-state index in [1.807, 2.05) is 6.07 Å². The molecule has 0 atom stereocenters. The zero-order valence-corrected chi connectivity index (χ0v) is 16.1. The lowest BCUT2D eigenvalue weighted by Gasteiger charge is -2.11. The van der Waals surface area contributed by atoms with E-state index in [0.29, 0.717) is 17.4 Å². The Balaban J connectivity index is 1.45. The van der Waals surface area contributed by atoms with Gasteiger partial charge in [-0.25, -0.2) is 9.97 Å². The van der Waals surface area contributed by atoms with Gasteiger partial charge in [0.05, 0.1) is 5.56 Å². The standard InChI is InChI=1S/C19H15ClF3N5O2/c20-14-7-12(8-24-18(14)30-9-19(21,22)23)17(29)25-13-3-1-2-11(6-13)16-26-15(27-28-16)10-4-5-10/h1-3,6-8,10H,4-5,9H2,(H,25,29)(H,26,27,28).